The van der Waals surface area contributed by atoms with Gasteiger partial charge in [0.1, 0.15) is 0 Å². The van der Waals surface area contributed by atoms with Crippen LogP contribution in [0.15, 0.2) is 60.7 Å². The number of hydrogen-bond donors (Lipinski definition) is 0. The number of benzene rings is 2. The van der Waals surface area contributed by atoms with E-state index in [1.807, 2.05) is 13.8 Å². The number of ether oxygens (including phenoxy) is 2. The van der Waals surface area contributed by atoms with Gasteiger partial charge in [0, 0.05) is 5.92 Å². The highest BCUT2D eigenvalue weighted by atomic mass is 28.4. The van der Waals surface area contributed by atoms with Crippen molar-refractivity contribution in [3.8, 4) is 0 Å². The van der Waals surface area contributed by atoms with E-state index in [1.54, 1.807) is 0 Å². The van der Waals surface area contributed by atoms with Crippen LogP contribution in [0, 0.1) is 5.92 Å². The van der Waals surface area contributed by atoms with Gasteiger partial charge in [0.25, 0.3) is 8.32 Å². The molecular formula is C25H36O3Si. The Morgan fingerprint density at radius 3 is 1.79 bits per heavy atom. The van der Waals surface area contributed by atoms with Crippen LogP contribution in [0.2, 0.25) is 5.04 Å². The van der Waals surface area contributed by atoms with Crippen molar-refractivity contribution in [1.82, 2.24) is 0 Å². The summed E-state index contributed by atoms with van der Waals surface area (Å²) in [4.78, 5) is 0. The molecule has 3 atom stereocenters. The summed E-state index contributed by atoms with van der Waals surface area (Å²) in [5.41, 5.74) is 0. The van der Waals surface area contributed by atoms with Crippen molar-refractivity contribution in [3.63, 3.8) is 0 Å². The first-order valence-electron chi connectivity index (χ1n) is 10.7. The number of rotatable bonds is 5. The molecule has 0 amide bonds. The Kier molecular flexibility index (Phi) is 6.40. The molecule has 0 saturated carbocycles. The predicted octanol–water partition coefficient (Wildman–Crippen LogP) is 4.74. The van der Waals surface area contributed by atoms with Crippen LogP contribution in [0.25, 0.3) is 0 Å². The highest BCUT2D eigenvalue weighted by molar-refractivity contribution is 6.99. The van der Waals surface area contributed by atoms with Crippen LogP contribution >= 0.6 is 0 Å². The van der Waals surface area contributed by atoms with E-state index in [4.69, 9.17) is 13.9 Å². The minimum absolute atomic E-state index is 0.00426. The molecule has 158 valence electrons. The van der Waals surface area contributed by atoms with E-state index in [1.165, 1.54) is 10.4 Å². The van der Waals surface area contributed by atoms with Gasteiger partial charge in [-0.2, -0.15) is 0 Å². The van der Waals surface area contributed by atoms with Crippen LogP contribution in [0.1, 0.15) is 48.5 Å². The third-order valence-electron chi connectivity index (χ3n) is 6.11. The Labute approximate surface area is 177 Å². The highest BCUT2D eigenvalue weighted by Crippen LogP contribution is 2.38. The van der Waals surface area contributed by atoms with Crippen molar-refractivity contribution in [3.05, 3.63) is 60.7 Å². The van der Waals surface area contributed by atoms with Crippen LogP contribution in [0.3, 0.4) is 0 Å². The van der Waals surface area contributed by atoms with Gasteiger partial charge in [-0.05, 0) is 36.2 Å². The van der Waals surface area contributed by atoms with E-state index in [0.717, 1.165) is 0 Å². The standard InChI is InChI=1S/C25H36O3Si/c1-19-20(2)27-25(6,7)28-23(19)18-26-29(24(3,4)5,21-14-10-8-11-15-21)22-16-12-9-13-17-22/h8-17,19-20,23H,18H2,1-7H3/t19-,20+,23+/m1/s1. The molecule has 0 N–H and O–H groups in total. The lowest BCUT2D eigenvalue weighted by Crippen LogP contribution is -2.67. The van der Waals surface area contributed by atoms with Gasteiger partial charge in [-0.3, -0.25) is 0 Å². The fraction of sp³-hybridized carbons (Fsp3) is 0.520. The van der Waals surface area contributed by atoms with Crippen molar-refractivity contribution in [1.29, 1.82) is 0 Å². The van der Waals surface area contributed by atoms with Gasteiger partial charge in [-0.1, -0.05) is 88.4 Å². The van der Waals surface area contributed by atoms with Crippen LogP contribution in [0.5, 0.6) is 0 Å². The molecule has 4 heteroatoms. The van der Waals surface area contributed by atoms with E-state index in [2.05, 4.69) is 95.3 Å². The topological polar surface area (TPSA) is 27.7 Å². The lowest BCUT2D eigenvalue weighted by Gasteiger charge is -2.47. The summed E-state index contributed by atoms with van der Waals surface area (Å²) in [6, 6.07) is 21.5. The van der Waals surface area contributed by atoms with Gasteiger partial charge in [0.2, 0.25) is 0 Å². The molecule has 0 aliphatic carbocycles. The molecule has 3 rings (SSSR count). The maximum Gasteiger partial charge on any atom is 0.261 e. The van der Waals surface area contributed by atoms with Gasteiger partial charge in [0.05, 0.1) is 18.8 Å². The van der Waals surface area contributed by atoms with E-state index >= 15 is 0 Å². The van der Waals surface area contributed by atoms with Crippen LogP contribution < -0.4 is 10.4 Å². The Morgan fingerprint density at radius 1 is 0.862 bits per heavy atom. The minimum atomic E-state index is -2.55. The van der Waals surface area contributed by atoms with E-state index in [-0.39, 0.29) is 23.2 Å². The van der Waals surface area contributed by atoms with Gasteiger partial charge >= 0.3 is 0 Å². The Balaban J connectivity index is 2.02. The first kappa shape index (κ1) is 22.2. The van der Waals surface area contributed by atoms with Crippen LogP contribution in [0.4, 0.5) is 0 Å². The average Bonchev–Trinajstić information content (AvgIpc) is 2.66. The predicted molar refractivity (Wildman–Crippen MR) is 122 cm³/mol. The molecule has 0 radical (unpaired) electrons. The molecule has 1 aliphatic rings. The summed E-state index contributed by atoms with van der Waals surface area (Å²) < 4.78 is 19.4. The van der Waals surface area contributed by atoms with Gasteiger partial charge in [-0.15, -0.1) is 0 Å². The van der Waals surface area contributed by atoms with Gasteiger partial charge in [-0.25, -0.2) is 0 Å². The van der Waals surface area contributed by atoms with E-state index in [9.17, 15) is 0 Å². The molecule has 2 aromatic rings. The van der Waals surface area contributed by atoms with Crippen molar-refractivity contribution >= 4 is 18.7 Å². The molecule has 0 spiro atoms. The summed E-state index contributed by atoms with van der Waals surface area (Å²) in [7, 11) is -2.55. The van der Waals surface area contributed by atoms with Crippen LogP contribution in [-0.2, 0) is 13.9 Å². The third kappa shape index (κ3) is 4.51. The SMILES string of the molecule is C[C@@H]1[C@H](C)OC(C)(C)O[C@H]1CO[Si](c1ccccc1)(c1ccccc1)C(C)(C)C. The minimum Gasteiger partial charge on any atom is -0.405 e. The Morgan fingerprint density at radius 2 is 1.34 bits per heavy atom. The van der Waals surface area contributed by atoms with Crippen LogP contribution in [-0.4, -0.2) is 32.9 Å². The zero-order valence-electron chi connectivity index (χ0n) is 18.9. The smallest absolute Gasteiger partial charge is 0.261 e. The maximum absolute atomic E-state index is 7.08. The second kappa shape index (κ2) is 8.35. The first-order chi connectivity index (χ1) is 13.6. The zero-order valence-corrected chi connectivity index (χ0v) is 19.9. The molecule has 0 bridgehead atoms. The molecule has 1 fully saturated rings. The second-order valence-corrected chi connectivity index (χ2v) is 14.0. The van der Waals surface area contributed by atoms with Crippen molar-refractivity contribution in [2.75, 3.05) is 6.61 Å². The fourth-order valence-corrected chi connectivity index (χ4v) is 9.08. The largest absolute Gasteiger partial charge is 0.405 e. The fourth-order valence-electron chi connectivity index (χ4n) is 4.51. The lowest BCUT2D eigenvalue weighted by molar-refractivity contribution is -0.318. The summed E-state index contributed by atoms with van der Waals surface area (Å²) in [6.45, 7) is 15.8. The lowest BCUT2D eigenvalue weighted by atomic mass is 9.97. The summed E-state index contributed by atoms with van der Waals surface area (Å²) in [5, 5.41) is 2.56. The molecular weight excluding hydrogens is 376 g/mol. The summed E-state index contributed by atoms with van der Waals surface area (Å²) in [5.74, 6) is -0.327. The van der Waals surface area contributed by atoms with Crippen molar-refractivity contribution in [2.45, 2.75) is 71.5 Å². The highest BCUT2D eigenvalue weighted by Gasteiger charge is 2.51. The molecule has 1 saturated heterocycles. The van der Waals surface area contributed by atoms with Gasteiger partial charge in [0.15, 0.2) is 5.79 Å². The number of hydrogen-bond acceptors (Lipinski definition) is 3. The first-order valence-corrected chi connectivity index (χ1v) is 12.6. The molecule has 1 aliphatic heterocycles. The molecule has 29 heavy (non-hydrogen) atoms. The quantitative estimate of drug-likeness (QED) is 0.664. The third-order valence-corrected chi connectivity index (χ3v) is 11.1. The summed E-state index contributed by atoms with van der Waals surface area (Å²) in [6.07, 6.45) is 0.127. The Bertz CT molecular complexity index is 743. The van der Waals surface area contributed by atoms with Crippen molar-refractivity contribution < 1.29 is 13.9 Å². The van der Waals surface area contributed by atoms with E-state index < -0.39 is 14.1 Å². The summed E-state index contributed by atoms with van der Waals surface area (Å²) >= 11 is 0. The van der Waals surface area contributed by atoms with E-state index in [0.29, 0.717) is 6.61 Å². The molecule has 2 aromatic carbocycles. The maximum atomic E-state index is 7.08. The van der Waals surface area contributed by atoms with Gasteiger partial charge < -0.3 is 13.9 Å². The van der Waals surface area contributed by atoms with Crippen molar-refractivity contribution in [2.24, 2.45) is 5.92 Å². The monoisotopic (exact) mass is 412 g/mol. The molecule has 0 unspecified atom stereocenters. The second-order valence-electron chi connectivity index (χ2n) is 9.71. The Hall–Kier alpha value is -1.46. The molecule has 0 aromatic heterocycles. The zero-order chi connectivity index (χ0) is 21.3. The average molecular weight is 413 g/mol. The molecule has 1 heterocycles. The molecule has 3 nitrogen and oxygen atoms in total. The normalized spacial score (nSPS) is 25.0.